The Morgan fingerprint density at radius 3 is 2.66 bits per heavy atom. The number of carbonyl (C=O) groups is 1. The molecule has 1 aliphatic rings. The van der Waals surface area contributed by atoms with E-state index in [-0.39, 0.29) is 12.4 Å². The van der Waals surface area contributed by atoms with E-state index in [0.29, 0.717) is 39.8 Å². The van der Waals surface area contributed by atoms with Crippen molar-refractivity contribution in [1.82, 2.24) is 15.0 Å². The first-order chi connectivity index (χ1) is 13.7. The summed E-state index contributed by atoms with van der Waals surface area (Å²) in [7, 11) is 0. The topological polar surface area (TPSA) is 71.3 Å². The number of rotatable bonds is 2. The van der Waals surface area contributed by atoms with Crippen LogP contribution in [0.25, 0.3) is 11.4 Å². The van der Waals surface area contributed by atoms with Crippen LogP contribution in [0.15, 0.2) is 28.1 Å². The van der Waals surface area contributed by atoms with Crippen LogP contribution in [0.4, 0.5) is 23.7 Å². The monoisotopic (exact) mass is 462 g/mol. The molecule has 1 N–H and O–H groups in total. The summed E-state index contributed by atoms with van der Waals surface area (Å²) in [5.74, 6) is -1.57. The number of urea groups is 1. The quantitative estimate of drug-likeness (QED) is 0.528. The average molecular weight is 463 g/mol. The normalized spacial score (nSPS) is 14.0. The Labute approximate surface area is 176 Å². The van der Waals surface area contributed by atoms with Crippen molar-refractivity contribution in [3.8, 4) is 11.4 Å². The number of hydrogen-bond acceptors (Lipinski definition) is 5. The summed E-state index contributed by atoms with van der Waals surface area (Å²) in [5.41, 5.74) is 1.40. The van der Waals surface area contributed by atoms with E-state index in [9.17, 15) is 18.0 Å². The van der Waals surface area contributed by atoms with Crippen LogP contribution in [0, 0.1) is 0 Å². The number of para-hydroxylation sites is 1. The number of nitrogens with zero attached hydrogens (tertiary/aromatic N) is 3. The molecule has 1 aliphatic heterocycles. The van der Waals surface area contributed by atoms with E-state index >= 15 is 0 Å². The Balaban J connectivity index is 1.56. The molecule has 12 heteroatoms. The lowest BCUT2D eigenvalue weighted by Gasteiger charge is -2.28. The van der Waals surface area contributed by atoms with Crippen LogP contribution in [-0.4, -0.2) is 27.6 Å². The van der Waals surface area contributed by atoms with Crippen LogP contribution in [0.3, 0.4) is 0 Å². The lowest BCUT2D eigenvalue weighted by atomic mass is 10.0. The van der Waals surface area contributed by atoms with E-state index in [1.165, 1.54) is 16.2 Å². The summed E-state index contributed by atoms with van der Waals surface area (Å²) in [6, 6.07) is 4.43. The Kier molecular flexibility index (Phi) is 5.18. The second kappa shape index (κ2) is 7.51. The number of anilines is 1. The first kappa shape index (κ1) is 20.0. The molecule has 3 heterocycles. The molecule has 152 valence electrons. The summed E-state index contributed by atoms with van der Waals surface area (Å²) in [6.07, 6.45) is -4.17. The lowest BCUT2D eigenvalue weighted by Crippen LogP contribution is -2.38. The van der Waals surface area contributed by atoms with Crippen molar-refractivity contribution in [3.63, 3.8) is 0 Å². The molecule has 0 fully saturated rings. The van der Waals surface area contributed by atoms with E-state index in [1.54, 1.807) is 23.6 Å². The second-order valence-electron chi connectivity index (χ2n) is 6.17. The number of amides is 2. The number of fused-ring (bicyclic) bond motifs is 1. The van der Waals surface area contributed by atoms with E-state index < -0.39 is 18.1 Å². The molecule has 29 heavy (non-hydrogen) atoms. The van der Waals surface area contributed by atoms with Gasteiger partial charge in [-0.15, -0.1) is 11.3 Å². The first-order valence-electron chi connectivity index (χ1n) is 8.24. The Hall–Kier alpha value is -2.30. The van der Waals surface area contributed by atoms with Gasteiger partial charge in [0.15, 0.2) is 0 Å². The third kappa shape index (κ3) is 3.92. The largest absolute Gasteiger partial charge is 0.471 e. The first-order valence-corrected chi connectivity index (χ1v) is 9.88. The third-order valence-electron chi connectivity index (χ3n) is 4.33. The highest BCUT2D eigenvalue weighted by Crippen LogP contribution is 2.37. The van der Waals surface area contributed by atoms with Gasteiger partial charge in [0.25, 0.3) is 0 Å². The lowest BCUT2D eigenvalue weighted by molar-refractivity contribution is -0.159. The minimum atomic E-state index is -4.72. The smallest absolute Gasteiger partial charge is 0.329 e. The number of hydrogen-bond donors (Lipinski definition) is 1. The summed E-state index contributed by atoms with van der Waals surface area (Å²) in [6.45, 7) is 0.610. The molecule has 2 aromatic heterocycles. The van der Waals surface area contributed by atoms with Crippen molar-refractivity contribution < 1.29 is 22.5 Å². The molecule has 0 unspecified atom stereocenters. The fourth-order valence-electron chi connectivity index (χ4n) is 2.92. The van der Waals surface area contributed by atoms with E-state index in [1.807, 2.05) is 0 Å². The van der Waals surface area contributed by atoms with E-state index in [2.05, 4.69) is 20.0 Å². The highest BCUT2D eigenvalue weighted by atomic mass is 35.5. The minimum Gasteiger partial charge on any atom is -0.329 e. The molecule has 3 aromatic rings. The van der Waals surface area contributed by atoms with Crippen LogP contribution < -0.4 is 5.32 Å². The van der Waals surface area contributed by atoms with Gasteiger partial charge in [-0.1, -0.05) is 34.4 Å². The molecule has 0 aliphatic carbocycles. The van der Waals surface area contributed by atoms with Crippen LogP contribution in [-0.2, 0) is 19.1 Å². The fourth-order valence-corrected chi connectivity index (χ4v) is 4.45. The number of benzene rings is 1. The minimum absolute atomic E-state index is 0.161. The summed E-state index contributed by atoms with van der Waals surface area (Å²) < 4.78 is 42.6. The fraction of sp³-hybridized carbons (Fsp3) is 0.235. The molecule has 0 saturated carbocycles. The van der Waals surface area contributed by atoms with Gasteiger partial charge in [-0.05, 0) is 24.1 Å². The van der Waals surface area contributed by atoms with Gasteiger partial charge in [-0.25, -0.2) is 4.79 Å². The van der Waals surface area contributed by atoms with Gasteiger partial charge in [0.1, 0.15) is 0 Å². The predicted molar refractivity (Wildman–Crippen MR) is 102 cm³/mol. The molecular weight excluding hydrogens is 452 g/mol. The average Bonchev–Trinajstić information content (AvgIpc) is 3.30. The van der Waals surface area contributed by atoms with Crippen LogP contribution >= 0.6 is 34.5 Å². The van der Waals surface area contributed by atoms with Crippen molar-refractivity contribution in [2.75, 3.05) is 11.9 Å². The van der Waals surface area contributed by atoms with Gasteiger partial charge in [0.2, 0.25) is 5.82 Å². The van der Waals surface area contributed by atoms with E-state index in [0.717, 1.165) is 4.88 Å². The van der Waals surface area contributed by atoms with Gasteiger partial charge in [0, 0.05) is 28.9 Å². The molecule has 2 amide bonds. The highest BCUT2D eigenvalue weighted by Gasteiger charge is 2.39. The number of halogens is 5. The predicted octanol–water partition coefficient (Wildman–Crippen LogP) is 5.71. The van der Waals surface area contributed by atoms with Gasteiger partial charge >= 0.3 is 18.1 Å². The molecule has 0 bridgehead atoms. The number of carbonyl (C=O) groups excluding carboxylic acids is 1. The Morgan fingerprint density at radius 1 is 1.28 bits per heavy atom. The summed E-state index contributed by atoms with van der Waals surface area (Å²) in [4.78, 5) is 18.6. The maximum Gasteiger partial charge on any atom is 0.471 e. The number of nitrogens with one attached hydrogen (secondary N) is 1. The van der Waals surface area contributed by atoms with Crippen molar-refractivity contribution >= 4 is 46.3 Å². The van der Waals surface area contributed by atoms with Crippen LogP contribution in [0.1, 0.15) is 16.3 Å². The van der Waals surface area contributed by atoms with Gasteiger partial charge < -0.3 is 14.7 Å². The third-order valence-corrected chi connectivity index (χ3v) is 6.05. The standard InChI is InChI=1S/C17H11Cl2F3N4O2S/c18-10-2-1-3-11(19)13(10)23-16(27)26-5-4-12-8(6-26)9(7-29-12)14-24-15(28-25-14)17(20,21)22/h1-3,7H,4-6H2,(H,23,27). The van der Waals surface area contributed by atoms with Crippen molar-refractivity contribution in [3.05, 3.63) is 50.0 Å². The maximum atomic E-state index is 12.7. The molecule has 0 atom stereocenters. The number of alkyl halides is 3. The summed E-state index contributed by atoms with van der Waals surface area (Å²) in [5, 5.41) is 8.39. The van der Waals surface area contributed by atoms with Crippen LogP contribution in [0.5, 0.6) is 0 Å². The zero-order chi connectivity index (χ0) is 20.8. The molecule has 0 radical (unpaired) electrons. The number of aromatic nitrogens is 2. The highest BCUT2D eigenvalue weighted by molar-refractivity contribution is 7.10. The molecule has 0 spiro atoms. The van der Waals surface area contributed by atoms with Crippen LogP contribution in [0.2, 0.25) is 10.0 Å². The van der Waals surface area contributed by atoms with Crippen molar-refractivity contribution in [2.24, 2.45) is 0 Å². The van der Waals surface area contributed by atoms with Crippen molar-refractivity contribution in [2.45, 2.75) is 19.1 Å². The van der Waals surface area contributed by atoms with Gasteiger partial charge in [-0.2, -0.15) is 18.2 Å². The molecule has 6 nitrogen and oxygen atoms in total. The maximum absolute atomic E-state index is 12.7. The molecule has 0 saturated heterocycles. The Morgan fingerprint density at radius 2 is 2.00 bits per heavy atom. The van der Waals surface area contributed by atoms with E-state index in [4.69, 9.17) is 23.2 Å². The van der Waals surface area contributed by atoms with Gasteiger partial charge in [0.05, 0.1) is 15.7 Å². The molecule has 1 aromatic carbocycles. The van der Waals surface area contributed by atoms with Crippen molar-refractivity contribution in [1.29, 1.82) is 0 Å². The molecular formula is C17H11Cl2F3N4O2S. The van der Waals surface area contributed by atoms with Gasteiger partial charge in [-0.3, -0.25) is 0 Å². The zero-order valence-electron chi connectivity index (χ0n) is 14.4. The SMILES string of the molecule is O=C(Nc1c(Cl)cccc1Cl)N1CCc2scc(-c3noc(C(F)(F)F)n3)c2C1. The number of thiophene rings is 1. The Bertz CT molecular complexity index is 1060. The summed E-state index contributed by atoms with van der Waals surface area (Å²) >= 11 is 13.6. The molecule has 4 rings (SSSR count). The second-order valence-corrected chi connectivity index (χ2v) is 7.95. The zero-order valence-corrected chi connectivity index (χ0v) is 16.7.